The minimum Gasteiger partial charge on any atom is -0.395 e. The Balaban J connectivity index is 1.90. The Morgan fingerprint density at radius 1 is 1.26 bits per heavy atom. The van der Waals surface area contributed by atoms with Gasteiger partial charge in [-0.05, 0) is 37.1 Å². The topological polar surface area (TPSA) is 43.7 Å². The minimum atomic E-state index is -0.169. The molecule has 0 spiro atoms. The highest BCUT2D eigenvalue weighted by Crippen LogP contribution is 2.14. The lowest BCUT2D eigenvalue weighted by molar-refractivity contribution is 0.0668. The van der Waals surface area contributed by atoms with Crippen LogP contribution in [0, 0.1) is 11.8 Å². The second-order valence-electron chi connectivity index (χ2n) is 5.00. The number of hydrogen-bond donors (Lipinski definition) is 2. The Morgan fingerprint density at radius 3 is 2.74 bits per heavy atom. The van der Waals surface area contributed by atoms with Gasteiger partial charge in [0, 0.05) is 25.1 Å². The first-order valence-corrected chi connectivity index (χ1v) is 6.87. The van der Waals surface area contributed by atoms with Crippen molar-refractivity contribution in [1.29, 1.82) is 0 Å². The molecular weight excluding hydrogens is 238 g/mol. The third kappa shape index (κ3) is 4.68. The maximum atomic E-state index is 9.64. The molecule has 2 N–H and O–H groups in total. The van der Waals surface area contributed by atoms with Gasteiger partial charge in [0.1, 0.15) is 0 Å². The van der Waals surface area contributed by atoms with E-state index in [-0.39, 0.29) is 12.7 Å². The van der Waals surface area contributed by atoms with E-state index in [2.05, 4.69) is 28.9 Å². The monoisotopic (exact) mass is 259 g/mol. The van der Waals surface area contributed by atoms with Crippen molar-refractivity contribution in [2.75, 3.05) is 19.7 Å². The molecule has 0 aromatic heterocycles. The summed E-state index contributed by atoms with van der Waals surface area (Å²) in [5.74, 6) is 5.93. The van der Waals surface area contributed by atoms with Crippen molar-refractivity contribution in [3.05, 3.63) is 35.4 Å². The number of rotatable bonds is 3. The predicted molar refractivity (Wildman–Crippen MR) is 75.5 cm³/mol. The molecule has 2 rings (SSSR count). The molecule has 19 heavy (non-hydrogen) atoms. The second kappa shape index (κ2) is 7.30. The van der Waals surface area contributed by atoms with Crippen molar-refractivity contribution in [3.63, 3.8) is 0 Å². The van der Waals surface area contributed by atoms with Crippen molar-refractivity contribution in [2.45, 2.75) is 31.9 Å². The molecular formula is C16H21NO2. The van der Waals surface area contributed by atoms with Gasteiger partial charge in [-0.3, -0.25) is 4.90 Å². The molecule has 0 saturated carbocycles. The third-order valence-corrected chi connectivity index (χ3v) is 3.31. The predicted octanol–water partition coefficient (Wildman–Crippen LogP) is 1.38. The van der Waals surface area contributed by atoms with Crippen LogP contribution in [-0.4, -0.2) is 40.9 Å². The van der Waals surface area contributed by atoms with Crippen molar-refractivity contribution in [2.24, 2.45) is 0 Å². The van der Waals surface area contributed by atoms with E-state index in [1.807, 2.05) is 12.1 Å². The number of β-amino-alcohol motifs (C(OH)–C–C–N with tert-alkyl or cyclic N) is 1. The fourth-order valence-electron chi connectivity index (χ4n) is 2.35. The van der Waals surface area contributed by atoms with Crippen molar-refractivity contribution in [1.82, 2.24) is 4.90 Å². The van der Waals surface area contributed by atoms with Crippen molar-refractivity contribution >= 4 is 0 Å². The Bertz CT molecular complexity index is 444. The molecule has 0 bridgehead atoms. The number of likely N-dealkylation sites (tertiary alicyclic amines) is 1. The SMILES string of the molecule is OCCC#Cc1ccc(CN2CCCC(O)C2)cc1. The molecule has 1 atom stereocenters. The fraction of sp³-hybridized carbons (Fsp3) is 0.500. The molecule has 1 saturated heterocycles. The van der Waals surface area contributed by atoms with E-state index < -0.39 is 0 Å². The van der Waals surface area contributed by atoms with Crippen LogP contribution in [0.25, 0.3) is 0 Å². The zero-order valence-electron chi connectivity index (χ0n) is 11.2. The summed E-state index contributed by atoms with van der Waals surface area (Å²) in [4.78, 5) is 2.29. The number of aliphatic hydroxyl groups is 2. The lowest BCUT2D eigenvalue weighted by atomic mass is 10.1. The number of piperidine rings is 1. The fourth-order valence-corrected chi connectivity index (χ4v) is 2.35. The Morgan fingerprint density at radius 2 is 2.05 bits per heavy atom. The van der Waals surface area contributed by atoms with Crippen LogP contribution in [0.15, 0.2) is 24.3 Å². The highest BCUT2D eigenvalue weighted by molar-refractivity contribution is 5.36. The van der Waals surface area contributed by atoms with Gasteiger partial charge < -0.3 is 10.2 Å². The number of aliphatic hydroxyl groups excluding tert-OH is 2. The second-order valence-corrected chi connectivity index (χ2v) is 5.00. The van der Waals surface area contributed by atoms with Crippen LogP contribution < -0.4 is 0 Å². The van der Waals surface area contributed by atoms with E-state index in [4.69, 9.17) is 5.11 Å². The summed E-state index contributed by atoms with van der Waals surface area (Å²) in [5, 5.41) is 18.3. The van der Waals surface area contributed by atoms with Crippen LogP contribution >= 0.6 is 0 Å². The van der Waals surface area contributed by atoms with Crippen LogP contribution in [0.3, 0.4) is 0 Å². The quantitative estimate of drug-likeness (QED) is 0.806. The van der Waals surface area contributed by atoms with Gasteiger partial charge in [-0.1, -0.05) is 24.0 Å². The first-order chi connectivity index (χ1) is 9.28. The van der Waals surface area contributed by atoms with Gasteiger partial charge in [0.05, 0.1) is 12.7 Å². The molecule has 1 heterocycles. The smallest absolute Gasteiger partial charge is 0.0667 e. The lowest BCUT2D eigenvalue weighted by Crippen LogP contribution is -2.37. The van der Waals surface area contributed by atoms with Crippen molar-refractivity contribution in [3.8, 4) is 11.8 Å². The molecule has 1 fully saturated rings. The summed E-state index contributed by atoms with van der Waals surface area (Å²) < 4.78 is 0. The molecule has 3 nitrogen and oxygen atoms in total. The third-order valence-electron chi connectivity index (χ3n) is 3.31. The van der Waals surface area contributed by atoms with Crippen molar-refractivity contribution < 1.29 is 10.2 Å². The zero-order valence-corrected chi connectivity index (χ0v) is 11.2. The van der Waals surface area contributed by atoms with Gasteiger partial charge in [-0.15, -0.1) is 0 Å². The Hall–Kier alpha value is -1.34. The van der Waals surface area contributed by atoms with Crippen LogP contribution in [0.5, 0.6) is 0 Å². The van der Waals surface area contributed by atoms with Crippen LogP contribution in [-0.2, 0) is 6.54 Å². The van der Waals surface area contributed by atoms with E-state index in [1.165, 1.54) is 5.56 Å². The molecule has 3 heteroatoms. The van der Waals surface area contributed by atoms with E-state index in [9.17, 15) is 5.11 Å². The Labute approximate surface area is 114 Å². The summed E-state index contributed by atoms with van der Waals surface area (Å²) in [7, 11) is 0. The van der Waals surface area contributed by atoms with Gasteiger partial charge in [-0.25, -0.2) is 0 Å². The van der Waals surface area contributed by atoms with Gasteiger partial charge in [0.2, 0.25) is 0 Å². The van der Waals surface area contributed by atoms with E-state index in [0.29, 0.717) is 6.42 Å². The maximum Gasteiger partial charge on any atom is 0.0667 e. The molecule has 1 unspecified atom stereocenters. The molecule has 1 aromatic carbocycles. The summed E-state index contributed by atoms with van der Waals surface area (Å²) in [6.45, 7) is 2.84. The van der Waals surface area contributed by atoms with Gasteiger partial charge in [0.15, 0.2) is 0 Å². The van der Waals surface area contributed by atoms with Crippen LogP contribution in [0.1, 0.15) is 30.4 Å². The summed E-state index contributed by atoms with van der Waals surface area (Å²) in [5.41, 5.74) is 2.23. The van der Waals surface area contributed by atoms with Gasteiger partial charge >= 0.3 is 0 Å². The number of nitrogens with zero attached hydrogens (tertiary/aromatic N) is 1. The summed E-state index contributed by atoms with van der Waals surface area (Å²) >= 11 is 0. The molecule has 102 valence electrons. The van der Waals surface area contributed by atoms with E-state index >= 15 is 0 Å². The van der Waals surface area contributed by atoms with Crippen LogP contribution in [0.4, 0.5) is 0 Å². The highest BCUT2D eigenvalue weighted by Gasteiger charge is 2.17. The lowest BCUT2D eigenvalue weighted by Gasteiger charge is -2.29. The largest absolute Gasteiger partial charge is 0.395 e. The molecule has 0 aliphatic carbocycles. The molecule has 0 amide bonds. The summed E-state index contributed by atoms with van der Waals surface area (Å²) in [6.07, 6.45) is 2.35. The molecule has 0 radical (unpaired) electrons. The molecule has 1 aliphatic rings. The first kappa shape index (κ1) is 14.1. The van der Waals surface area contributed by atoms with Gasteiger partial charge in [-0.2, -0.15) is 0 Å². The number of benzene rings is 1. The molecule has 1 aliphatic heterocycles. The van der Waals surface area contributed by atoms with E-state index in [1.54, 1.807) is 0 Å². The minimum absolute atomic E-state index is 0.113. The standard InChI is InChI=1S/C16H21NO2/c18-11-2-1-4-14-6-8-15(9-7-14)12-17-10-3-5-16(19)13-17/h6-9,16,18-19H,2-3,5,10-13H2. The first-order valence-electron chi connectivity index (χ1n) is 6.87. The normalized spacial score (nSPS) is 19.8. The average Bonchev–Trinajstić information content (AvgIpc) is 2.41. The van der Waals surface area contributed by atoms with E-state index in [0.717, 1.165) is 38.0 Å². The van der Waals surface area contributed by atoms with Gasteiger partial charge in [0.25, 0.3) is 0 Å². The summed E-state index contributed by atoms with van der Waals surface area (Å²) in [6, 6.07) is 8.20. The maximum absolute atomic E-state index is 9.64. The zero-order chi connectivity index (χ0) is 13.5. The Kier molecular flexibility index (Phi) is 5.41. The average molecular weight is 259 g/mol. The molecule has 1 aromatic rings. The van der Waals surface area contributed by atoms with Crippen LogP contribution in [0.2, 0.25) is 0 Å². The number of hydrogen-bond acceptors (Lipinski definition) is 3. The highest BCUT2D eigenvalue weighted by atomic mass is 16.3.